The van der Waals surface area contributed by atoms with Gasteiger partial charge in [0.1, 0.15) is 0 Å². The zero-order chi connectivity index (χ0) is 12.3. The summed E-state index contributed by atoms with van der Waals surface area (Å²) in [6, 6.07) is 6.06. The van der Waals surface area contributed by atoms with Gasteiger partial charge < -0.3 is 10.4 Å². The molecule has 17 heavy (non-hydrogen) atoms. The van der Waals surface area contributed by atoms with E-state index in [0.717, 1.165) is 0 Å². The van der Waals surface area contributed by atoms with Crippen molar-refractivity contribution in [3.05, 3.63) is 54.1 Å². The molecule has 1 amide bonds. The minimum absolute atomic E-state index is 0.127. The number of carboxylic acid groups (broad SMARTS) is 1. The maximum absolute atomic E-state index is 11.7. The molecule has 0 unspecified atom stereocenters. The molecular weight excluding hydrogens is 218 g/mol. The van der Waals surface area contributed by atoms with E-state index in [1.165, 1.54) is 12.1 Å². The molecule has 0 radical (unpaired) electrons. The van der Waals surface area contributed by atoms with Crippen LogP contribution in [-0.4, -0.2) is 17.0 Å². The van der Waals surface area contributed by atoms with Crippen molar-refractivity contribution in [1.29, 1.82) is 0 Å². The second-order valence-electron chi connectivity index (χ2n) is 3.67. The van der Waals surface area contributed by atoms with Crippen LogP contribution in [0.15, 0.2) is 48.6 Å². The van der Waals surface area contributed by atoms with Crippen molar-refractivity contribution in [3.8, 4) is 0 Å². The fourth-order valence-electron chi connectivity index (χ4n) is 1.53. The Hall–Kier alpha value is -2.36. The third-order valence-corrected chi connectivity index (χ3v) is 2.45. The molecule has 1 aromatic carbocycles. The van der Waals surface area contributed by atoms with Gasteiger partial charge in [0.25, 0.3) is 0 Å². The number of allylic oxidation sites excluding steroid dienone is 2. The van der Waals surface area contributed by atoms with Gasteiger partial charge in [0.05, 0.1) is 11.5 Å². The number of carbonyl (C=O) groups excluding carboxylic acids is 1. The molecule has 0 aromatic heterocycles. The quantitative estimate of drug-likeness (QED) is 0.833. The molecule has 0 heterocycles. The lowest BCUT2D eigenvalue weighted by atomic mass is 10.1. The summed E-state index contributed by atoms with van der Waals surface area (Å²) in [6.07, 6.45) is 7.22. The van der Waals surface area contributed by atoms with E-state index in [9.17, 15) is 9.59 Å². The van der Waals surface area contributed by atoms with Gasteiger partial charge in [-0.25, -0.2) is 4.79 Å². The molecule has 2 rings (SSSR count). The fraction of sp³-hybridized carbons (Fsp3) is 0.0769. The van der Waals surface area contributed by atoms with Gasteiger partial charge in [-0.05, 0) is 24.3 Å². The molecule has 86 valence electrons. The molecule has 1 aliphatic carbocycles. The SMILES string of the molecule is O=C(O)c1ccc(NC(=O)C2C=CC=C2)cc1. The van der Waals surface area contributed by atoms with Crippen molar-refractivity contribution in [2.24, 2.45) is 5.92 Å². The van der Waals surface area contributed by atoms with Gasteiger partial charge in [-0.3, -0.25) is 4.79 Å². The highest BCUT2D eigenvalue weighted by Crippen LogP contribution is 2.14. The van der Waals surface area contributed by atoms with Crippen LogP contribution in [0.5, 0.6) is 0 Å². The number of carboxylic acids is 1. The largest absolute Gasteiger partial charge is 0.478 e. The first-order chi connectivity index (χ1) is 8.16. The highest BCUT2D eigenvalue weighted by Gasteiger charge is 2.14. The van der Waals surface area contributed by atoms with E-state index in [1.54, 1.807) is 24.3 Å². The first-order valence-corrected chi connectivity index (χ1v) is 5.16. The van der Waals surface area contributed by atoms with Crippen molar-refractivity contribution in [3.63, 3.8) is 0 Å². The topological polar surface area (TPSA) is 66.4 Å². The smallest absolute Gasteiger partial charge is 0.335 e. The summed E-state index contributed by atoms with van der Waals surface area (Å²) in [7, 11) is 0. The Kier molecular flexibility index (Phi) is 3.05. The number of amides is 1. The Morgan fingerprint density at radius 1 is 1.06 bits per heavy atom. The highest BCUT2D eigenvalue weighted by atomic mass is 16.4. The summed E-state index contributed by atoms with van der Waals surface area (Å²) in [5, 5.41) is 11.4. The molecule has 0 saturated heterocycles. The molecular formula is C13H11NO3. The third-order valence-electron chi connectivity index (χ3n) is 2.45. The lowest BCUT2D eigenvalue weighted by Gasteiger charge is -2.07. The molecule has 0 bridgehead atoms. The predicted molar refractivity (Wildman–Crippen MR) is 63.8 cm³/mol. The molecule has 0 fully saturated rings. The number of carbonyl (C=O) groups is 2. The Labute approximate surface area is 98.3 Å². The van der Waals surface area contributed by atoms with Crippen LogP contribution in [0.4, 0.5) is 5.69 Å². The number of hydrogen-bond donors (Lipinski definition) is 2. The Bertz CT molecular complexity index is 488. The minimum Gasteiger partial charge on any atom is -0.478 e. The van der Waals surface area contributed by atoms with Gasteiger partial charge in [-0.15, -0.1) is 0 Å². The number of rotatable bonds is 3. The lowest BCUT2D eigenvalue weighted by molar-refractivity contribution is -0.117. The molecule has 0 aliphatic heterocycles. The van der Waals surface area contributed by atoms with Gasteiger partial charge in [0, 0.05) is 5.69 Å². The van der Waals surface area contributed by atoms with E-state index in [0.29, 0.717) is 5.69 Å². The summed E-state index contributed by atoms with van der Waals surface area (Å²) in [6.45, 7) is 0. The zero-order valence-electron chi connectivity index (χ0n) is 8.96. The maximum Gasteiger partial charge on any atom is 0.335 e. The van der Waals surface area contributed by atoms with Crippen molar-refractivity contribution < 1.29 is 14.7 Å². The van der Waals surface area contributed by atoms with Crippen molar-refractivity contribution in [2.45, 2.75) is 0 Å². The van der Waals surface area contributed by atoms with Crippen molar-refractivity contribution in [2.75, 3.05) is 5.32 Å². The van der Waals surface area contributed by atoms with Gasteiger partial charge >= 0.3 is 5.97 Å². The van der Waals surface area contributed by atoms with Crippen LogP contribution in [0.25, 0.3) is 0 Å². The van der Waals surface area contributed by atoms with Gasteiger partial charge in [0.2, 0.25) is 5.91 Å². The average Bonchev–Trinajstić information content (AvgIpc) is 2.83. The number of hydrogen-bond acceptors (Lipinski definition) is 2. The molecule has 1 aromatic rings. The summed E-state index contributed by atoms with van der Waals surface area (Å²) in [5.74, 6) is -1.35. The van der Waals surface area contributed by atoms with Crippen LogP contribution in [0.2, 0.25) is 0 Å². The van der Waals surface area contributed by atoms with Crippen LogP contribution < -0.4 is 5.32 Å². The Balaban J connectivity index is 2.03. The Morgan fingerprint density at radius 2 is 1.65 bits per heavy atom. The van der Waals surface area contributed by atoms with Crippen molar-refractivity contribution >= 4 is 17.6 Å². The molecule has 2 N–H and O–H groups in total. The molecule has 4 nitrogen and oxygen atoms in total. The van der Waals surface area contributed by atoms with Gasteiger partial charge in [0.15, 0.2) is 0 Å². The molecule has 4 heteroatoms. The second kappa shape index (κ2) is 4.65. The molecule has 1 aliphatic rings. The van der Waals surface area contributed by atoms with Crippen molar-refractivity contribution in [1.82, 2.24) is 0 Å². The summed E-state index contributed by atoms with van der Waals surface area (Å²) >= 11 is 0. The number of aromatic carboxylic acids is 1. The van der Waals surface area contributed by atoms with E-state index in [1.807, 2.05) is 12.2 Å². The summed E-state index contributed by atoms with van der Waals surface area (Å²) < 4.78 is 0. The van der Waals surface area contributed by atoms with E-state index in [2.05, 4.69) is 5.32 Å². The van der Waals surface area contributed by atoms with E-state index in [-0.39, 0.29) is 17.4 Å². The number of benzene rings is 1. The first kappa shape index (κ1) is 11.1. The molecule has 0 spiro atoms. The fourth-order valence-corrected chi connectivity index (χ4v) is 1.53. The minimum atomic E-state index is -0.982. The normalized spacial score (nSPS) is 13.9. The summed E-state index contributed by atoms with van der Waals surface area (Å²) in [4.78, 5) is 22.3. The summed E-state index contributed by atoms with van der Waals surface area (Å²) in [5.41, 5.74) is 0.789. The zero-order valence-corrected chi connectivity index (χ0v) is 8.96. The predicted octanol–water partition coefficient (Wildman–Crippen LogP) is 2.07. The van der Waals surface area contributed by atoms with E-state index < -0.39 is 5.97 Å². The highest BCUT2D eigenvalue weighted by molar-refractivity contribution is 5.96. The second-order valence-corrected chi connectivity index (χ2v) is 3.67. The van der Waals surface area contributed by atoms with Crippen LogP contribution in [0.3, 0.4) is 0 Å². The maximum atomic E-state index is 11.7. The van der Waals surface area contributed by atoms with Crippen LogP contribution >= 0.6 is 0 Å². The Morgan fingerprint density at radius 3 is 2.18 bits per heavy atom. The molecule has 0 atom stereocenters. The van der Waals surface area contributed by atoms with Gasteiger partial charge in [-0.2, -0.15) is 0 Å². The lowest BCUT2D eigenvalue weighted by Crippen LogP contribution is -2.18. The standard InChI is InChI=1S/C13H11NO3/c15-12(9-3-1-2-4-9)14-11-7-5-10(6-8-11)13(16)17/h1-9H,(H,14,15)(H,16,17). The first-order valence-electron chi connectivity index (χ1n) is 5.16. The van der Waals surface area contributed by atoms with Crippen LogP contribution in [-0.2, 0) is 4.79 Å². The number of nitrogens with one attached hydrogen (secondary N) is 1. The van der Waals surface area contributed by atoms with Gasteiger partial charge in [-0.1, -0.05) is 24.3 Å². The average molecular weight is 229 g/mol. The van der Waals surface area contributed by atoms with Crippen LogP contribution in [0, 0.1) is 5.92 Å². The third kappa shape index (κ3) is 2.60. The number of anilines is 1. The monoisotopic (exact) mass is 229 g/mol. The van der Waals surface area contributed by atoms with E-state index in [4.69, 9.17) is 5.11 Å². The van der Waals surface area contributed by atoms with E-state index >= 15 is 0 Å². The molecule has 0 saturated carbocycles. The van der Waals surface area contributed by atoms with Crippen LogP contribution in [0.1, 0.15) is 10.4 Å².